The maximum absolute atomic E-state index is 11.8. The Hall–Kier alpha value is -3.40. The zero-order valence-corrected chi connectivity index (χ0v) is 17.4. The van der Waals surface area contributed by atoms with Gasteiger partial charge in [0.2, 0.25) is 0 Å². The van der Waals surface area contributed by atoms with Crippen LogP contribution in [0.25, 0.3) is 0 Å². The van der Waals surface area contributed by atoms with Crippen LogP contribution in [0.2, 0.25) is 0 Å². The first-order valence-electron chi connectivity index (χ1n) is 10.0. The molecule has 30 heavy (non-hydrogen) atoms. The van der Waals surface area contributed by atoms with E-state index in [1.54, 1.807) is 19.1 Å². The predicted molar refractivity (Wildman–Crippen MR) is 117 cm³/mol. The minimum absolute atomic E-state index is 0.0456. The Morgan fingerprint density at radius 3 is 2.17 bits per heavy atom. The van der Waals surface area contributed by atoms with Gasteiger partial charge in [-0.05, 0) is 73.2 Å². The second-order valence-electron chi connectivity index (χ2n) is 7.20. The fourth-order valence-electron chi connectivity index (χ4n) is 3.28. The van der Waals surface area contributed by atoms with Crippen LogP contribution in [0.15, 0.2) is 72.8 Å². The van der Waals surface area contributed by atoms with Gasteiger partial charge in [-0.15, -0.1) is 0 Å². The molecule has 4 nitrogen and oxygen atoms in total. The van der Waals surface area contributed by atoms with Gasteiger partial charge in [0.05, 0.1) is 12.7 Å². The van der Waals surface area contributed by atoms with Gasteiger partial charge in [0.1, 0.15) is 12.4 Å². The van der Waals surface area contributed by atoms with E-state index in [1.165, 1.54) is 7.11 Å². The Labute approximate surface area is 177 Å². The maximum Gasteiger partial charge on any atom is 0.337 e. The lowest BCUT2D eigenvalue weighted by molar-refractivity contribution is 0.0600. The van der Waals surface area contributed by atoms with Gasteiger partial charge in [0.15, 0.2) is 5.78 Å². The molecular formula is C26H26O4. The van der Waals surface area contributed by atoms with Crippen molar-refractivity contribution in [1.82, 2.24) is 0 Å². The molecule has 0 fully saturated rings. The number of Topliss-reactive ketones (excluding diaryl/α,β-unsaturated/α-hetero) is 1. The van der Waals surface area contributed by atoms with Crippen LogP contribution in [0.5, 0.6) is 5.75 Å². The van der Waals surface area contributed by atoms with Crippen molar-refractivity contribution >= 4 is 11.8 Å². The van der Waals surface area contributed by atoms with Gasteiger partial charge in [-0.25, -0.2) is 4.79 Å². The average Bonchev–Trinajstić information content (AvgIpc) is 2.78. The molecule has 0 aliphatic rings. The average molecular weight is 402 g/mol. The monoisotopic (exact) mass is 402 g/mol. The molecule has 0 unspecified atom stereocenters. The van der Waals surface area contributed by atoms with Crippen molar-refractivity contribution in [1.29, 1.82) is 0 Å². The van der Waals surface area contributed by atoms with Crippen molar-refractivity contribution < 1.29 is 19.1 Å². The molecular weight excluding hydrogens is 376 g/mol. The summed E-state index contributed by atoms with van der Waals surface area (Å²) in [5.41, 5.74) is 4.53. The van der Waals surface area contributed by atoms with Crippen molar-refractivity contribution in [3.8, 4) is 5.75 Å². The van der Waals surface area contributed by atoms with Gasteiger partial charge in [-0.2, -0.15) is 0 Å². The standard InChI is InChI=1S/C26H26O4/c1-19(27)23-15-16-25(30-18-21-7-4-3-5-8-21)24(17-23)10-6-9-20-11-13-22(14-12-20)26(28)29-2/h3-5,7-8,11-17H,6,9-10,18H2,1-2H3. The minimum Gasteiger partial charge on any atom is -0.489 e. The lowest BCUT2D eigenvalue weighted by atomic mass is 10.00. The van der Waals surface area contributed by atoms with E-state index < -0.39 is 0 Å². The van der Waals surface area contributed by atoms with Crippen LogP contribution in [0, 0.1) is 0 Å². The van der Waals surface area contributed by atoms with E-state index >= 15 is 0 Å². The number of rotatable bonds is 9. The highest BCUT2D eigenvalue weighted by atomic mass is 16.5. The lowest BCUT2D eigenvalue weighted by Crippen LogP contribution is -2.02. The van der Waals surface area contributed by atoms with Crippen LogP contribution < -0.4 is 4.74 Å². The quantitative estimate of drug-likeness (QED) is 0.354. The molecule has 0 N–H and O–H groups in total. The molecule has 0 bridgehead atoms. The van der Waals surface area contributed by atoms with E-state index in [1.807, 2.05) is 60.7 Å². The molecule has 4 heteroatoms. The molecule has 3 aromatic carbocycles. The SMILES string of the molecule is COC(=O)c1ccc(CCCc2cc(C(C)=O)ccc2OCc2ccccc2)cc1. The van der Waals surface area contributed by atoms with Crippen LogP contribution in [-0.4, -0.2) is 18.9 Å². The summed E-state index contributed by atoms with van der Waals surface area (Å²) >= 11 is 0. The summed E-state index contributed by atoms with van der Waals surface area (Å²) in [6, 6.07) is 23.1. The Morgan fingerprint density at radius 1 is 0.800 bits per heavy atom. The topological polar surface area (TPSA) is 52.6 Å². The Morgan fingerprint density at radius 2 is 1.50 bits per heavy atom. The molecule has 0 aliphatic heterocycles. The van der Waals surface area contributed by atoms with Crippen LogP contribution in [0.1, 0.15) is 50.8 Å². The molecule has 0 atom stereocenters. The molecule has 0 saturated heterocycles. The predicted octanol–water partition coefficient (Wildman–Crippen LogP) is 5.43. The summed E-state index contributed by atoms with van der Waals surface area (Å²) in [4.78, 5) is 23.4. The Balaban J connectivity index is 1.66. The fraction of sp³-hybridized carbons (Fsp3) is 0.231. The summed E-state index contributed by atoms with van der Waals surface area (Å²) in [7, 11) is 1.38. The highest BCUT2D eigenvalue weighted by molar-refractivity contribution is 5.94. The third kappa shape index (κ3) is 5.80. The van der Waals surface area contributed by atoms with Crippen LogP contribution in [-0.2, 0) is 24.2 Å². The van der Waals surface area contributed by atoms with E-state index in [-0.39, 0.29) is 11.8 Å². The van der Waals surface area contributed by atoms with Gasteiger partial charge >= 0.3 is 5.97 Å². The van der Waals surface area contributed by atoms with Crippen molar-refractivity contribution in [2.24, 2.45) is 0 Å². The van der Waals surface area contributed by atoms with Crippen LogP contribution in [0.4, 0.5) is 0 Å². The van der Waals surface area contributed by atoms with E-state index in [0.717, 1.165) is 41.7 Å². The van der Waals surface area contributed by atoms with E-state index in [2.05, 4.69) is 0 Å². The molecule has 0 amide bonds. The number of ether oxygens (including phenoxy) is 2. The highest BCUT2D eigenvalue weighted by Gasteiger charge is 2.09. The number of benzene rings is 3. The first-order chi connectivity index (χ1) is 14.6. The third-order valence-corrected chi connectivity index (χ3v) is 4.99. The lowest BCUT2D eigenvalue weighted by Gasteiger charge is -2.13. The summed E-state index contributed by atoms with van der Waals surface area (Å²) < 4.78 is 10.8. The number of hydrogen-bond acceptors (Lipinski definition) is 4. The molecule has 0 radical (unpaired) electrons. The van der Waals surface area contributed by atoms with Crippen molar-refractivity contribution in [3.05, 3.63) is 101 Å². The van der Waals surface area contributed by atoms with Gasteiger partial charge in [-0.1, -0.05) is 42.5 Å². The first kappa shape index (κ1) is 21.3. The van der Waals surface area contributed by atoms with Gasteiger partial charge in [-0.3, -0.25) is 4.79 Å². The molecule has 3 rings (SSSR count). The summed E-state index contributed by atoms with van der Waals surface area (Å²) in [6.07, 6.45) is 2.56. The number of carbonyl (C=O) groups excluding carboxylic acids is 2. The van der Waals surface area contributed by atoms with Gasteiger partial charge in [0, 0.05) is 5.56 Å². The normalized spacial score (nSPS) is 10.5. The van der Waals surface area contributed by atoms with E-state index in [9.17, 15) is 9.59 Å². The highest BCUT2D eigenvalue weighted by Crippen LogP contribution is 2.24. The third-order valence-electron chi connectivity index (χ3n) is 4.99. The van der Waals surface area contributed by atoms with Crippen molar-refractivity contribution in [2.75, 3.05) is 7.11 Å². The number of carbonyl (C=O) groups is 2. The second-order valence-corrected chi connectivity index (χ2v) is 7.20. The smallest absolute Gasteiger partial charge is 0.337 e. The number of ketones is 1. The molecule has 3 aromatic rings. The minimum atomic E-state index is -0.331. The zero-order chi connectivity index (χ0) is 21.3. The summed E-state index contributed by atoms with van der Waals surface area (Å²) in [5, 5.41) is 0. The molecule has 0 aromatic heterocycles. The first-order valence-corrected chi connectivity index (χ1v) is 10.0. The number of esters is 1. The van der Waals surface area contributed by atoms with Crippen molar-refractivity contribution in [3.63, 3.8) is 0 Å². The molecule has 0 saturated carbocycles. The number of hydrogen-bond donors (Lipinski definition) is 0. The Kier molecular flexibility index (Phi) is 7.39. The summed E-state index contributed by atoms with van der Waals surface area (Å²) in [5.74, 6) is 0.525. The van der Waals surface area contributed by atoms with E-state index in [4.69, 9.17) is 9.47 Å². The molecule has 0 aliphatic carbocycles. The molecule has 0 spiro atoms. The van der Waals surface area contributed by atoms with E-state index in [0.29, 0.717) is 17.7 Å². The Bertz CT molecular complexity index is 991. The molecule has 154 valence electrons. The largest absolute Gasteiger partial charge is 0.489 e. The second kappa shape index (κ2) is 10.4. The van der Waals surface area contributed by atoms with Gasteiger partial charge in [0.25, 0.3) is 0 Å². The molecule has 0 heterocycles. The number of methoxy groups -OCH3 is 1. The van der Waals surface area contributed by atoms with Crippen molar-refractivity contribution in [2.45, 2.75) is 32.8 Å². The van der Waals surface area contributed by atoms with Crippen LogP contribution >= 0.6 is 0 Å². The van der Waals surface area contributed by atoms with Gasteiger partial charge < -0.3 is 9.47 Å². The number of aryl methyl sites for hydroxylation is 2. The zero-order valence-electron chi connectivity index (χ0n) is 17.4. The van der Waals surface area contributed by atoms with Crippen LogP contribution in [0.3, 0.4) is 0 Å². The maximum atomic E-state index is 11.8. The summed E-state index contributed by atoms with van der Waals surface area (Å²) in [6.45, 7) is 2.06. The fourth-order valence-corrected chi connectivity index (χ4v) is 3.28.